The van der Waals surface area contributed by atoms with Crippen molar-refractivity contribution >= 4 is 23.3 Å². The summed E-state index contributed by atoms with van der Waals surface area (Å²) in [5, 5.41) is 9.44. The van der Waals surface area contributed by atoms with Gasteiger partial charge in [0, 0.05) is 29.9 Å². The zero-order chi connectivity index (χ0) is 11.7. The molecule has 0 saturated carbocycles. The molecular formula is C11H10N2O3. The first-order valence-electron chi connectivity index (χ1n) is 4.85. The molecule has 82 valence electrons. The largest absolute Gasteiger partial charge is 0.478 e. The fourth-order valence-corrected chi connectivity index (χ4v) is 1.76. The molecule has 5 nitrogen and oxygen atoms in total. The van der Waals surface area contributed by atoms with E-state index in [1.165, 1.54) is 12.3 Å². The monoisotopic (exact) mass is 218 g/mol. The number of aryl methyl sites for hydroxylation is 1. The minimum absolute atomic E-state index is 0.110. The van der Waals surface area contributed by atoms with Crippen LogP contribution in [0.3, 0.4) is 0 Å². The zero-order valence-corrected chi connectivity index (χ0v) is 8.67. The summed E-state index contributed by atoms with van der Waals surface area (Å²) in [6.45, 7) is 2.55. The normalized spacial score (nSPS) is 10.6. The molecule has 0 unspecified atom stereocenters. The van der Waals surface area contributed by atoms with E-state index < -0.39 is 5.97 Å². The van der Waals surface area contributed by atoms with Crippen LogP contribution < -0.4 is 0 Å². The molecule has 1 N–H and O–H groups in total. The number of aromatic nitrogens is 2. The first-order valence-corrected chi connectivity index (χ1v) is 4.85. The van der Waals surface area contributed by atoms with E-state index in [0.29, 0.717) is 29.4 Å². The lowest BCUT2D eigenvalue weighted by Gasteiger charge is -2.00. The van der Waals surface area contributed by atoms with Crippen LogP contribution >= 0.6 is 0 Å². The Morgan fingerprint density at radius 2 is 2.38 bits per heavy atom. The van der Waals surface area contributed by atoms with Crippen LogP contribution in [0.2, 0.25) is 0 Å². The van der Waals surface area contributed by atoms with Gasteiger partial charge in [-0.05, 0) is 13.0 Å². The van der Waals surface area contributed by atoms with Crippen LogP contribution in [0.15, 0.2) is 18.5 Å². The van der Waals surface area contributed by atoms with Crippen molar-refractivity contribution in [2.24, 2.45) is 0 Å². The lowest BCUT2D eigenvalue weighted by molar-refractivity contribution is 0.0699. The summed E-state index contributed by atoms with van der Waals surface area (Å²) in [5.41, 5.74) is 1.01. The van der Waals surface area contributed by atoms with Gasteiger partial charge in [-0.15, -0.1) is 0 Å². The fraction of sp³-hybridized carbons (Fsp3) is 0.182. The van der Waals surface area contributed by atoms with Crippen molar-refractivity contribution in [1.82, 2.24) is 9.55 Å². The average molecular weight is 218 g/mol. The van der Waals surface area contributed by atoms with Gasteiger partial charge in [0.1, 0.15) is 5.65 Å². The first kappa shape index (κ1) is 10.4. The average Bonchev–Trinajstić information content (AvgIpc) is 2.66. The van der Waals surface area contributed by atoms with Gasteiger partial charge in [-0.1, -0.05) is 0 Å². The molecule has 0 aliphatic heterocycles. The van der Waals surface area contributed by atoms with Crippen molar-refractivity contribution in [1.29, 1.82) is 0 Å². The SMILES string of the molecule is CCn1cc(C=O)c2c(C(=O)O)ccnc21. The van der Waals surface area contributed by atoms with E-state index in [4.69, 9.17) is 5.11 Å². The van der Waals surface area contributed by atoms with Gasteiger partial charge in [0.15, 0.2) is 6.29 Å². The second kappa shape index (κ2) is 3.77. The lowest BCUT2D eigenvalue weighted by Crippen LogP contribution is -2.00. The van der Waals surface area contributed by atoms with Crippen LogP contribution in [0.5, 0.6) is 0 Å². The summed E-state index contributed by atoms with van der Waals surface area (Å²) in [6.07, 6.45) is 3.71. The van der Waals surface area contributed by atoms with E-state index in [0.717, 1.165) is 0 Å². The molecule has 0 bridgehead atoms. The number of aromatic carboxylic acids is 1. The standard InChI is InChI=1S/C11H10N2O3/c1-2-13-5-7(6-14)9-8(11(15)16)3-4-12-10(9)13/h3-6H,2H2,1H3,(H,15,16). The maximum Gasteiger partial charge on any atom is 0.336 e. The van der Waals surface area contributed by atoms with Crippen molar-refractivity contribution in [2.75, 3.05) is 0 Å². The Hall–Kier alpha value is -2.17. The highest BCUT2D eigenvalue weighted by Crippen LogP contribution is 2.22. The van der Waals surface area contributed by atoms with Crippen molar-refractivity contribution in [3.05, 3.63) is 29.6 Å². The van der Waals surface area contributed by atoms with Gasteiger partial charge in [0.2, 0.25) is 0 Å². The van der Waals surface area contributed by atoms with E-state index in [1.54, 1.807) is 10.8 Å². The summed E-state index contributed by atoms with van der Waals surface area (Å²) >= 11 is 0. The van der Waals surface area contributed by atoms with E-state index in [1.807, 2.05) is 6.92 Å². The number of carboxylic acid groups (broad SMARTS) is 1. The van der Waals surface area contributed by atoms with Gasteiger partial charge in [-0.25, -0.2) is 9.78 Å². The van der Waals surface area contributed by atoms with Crippen LogP contribution in [0.1, 0.15) is 27.6 Å². The Kier molecular flexibility index (Phi) is 2.44. The molecule has 2 rings (SSSR count). The molecule has 2 aromatic rings. The number of hydrogen-bond donors (Lipinski definition) is 1. The number of carbonyl (C=O) groups excluding carboxylic acids is 1. The molecule has 0 saturated heterocycles. The van der Waals surface area contributed by atoms with Crippen molar-refractivity contribution < 1.29 is 14.7 Å². The smallest absolute Gasteiger partial charge is 0.336 e. The number of hydrogen-bond acceptors (Lipinski definition) is 3. The predicted octanol–water partition coefficient (Wildman–Crippen LogP) is 1.57. The van der Waals surface area contributed by atoms with Gasteiger partial charge in [-0.3, -0.25) is 4.79 Å². The first-order chi connectivity index (χ1) is 7.69. The number of fused-ring (bicyclic) bond motifs is 1. The number of pyridine rings is 1. The van der Waals surface area contributed by atoms with Crippen LogP contribution in [-0.2, 0) is 6.54 Å². The molecule has 0 fully saturated rings. The van der Waals surface area contributed by atoms with Gasteiger partial charge < -0.3 is 9.67 Å². The molecular weight excluding hydrogens is 208 g/mol. The van der Waals surface area contributed by atoms with Gasteiger partial charge in [0.05, 0.1) is 5.56 Å². The lowest BCUT2D eigenvalue weighted by atomic mass is 10.1. The summed E-state index contributed by atoms with van der Waals surface area (Å²) < 4.78 is 1.76. The molecule has 0 aliphatic rings. The molecule has 0 aliphatic carbocycles. The highest BCUT2D eigenvalue weighted by Gasteiger charge is 2.16. The molecule has 0 radical (unpaired) electrons. The van der Waals surface area contributed by atoms with Crippen molar-refractivity contribution in [3.63, 3.8) is 0 Å². The van der Waals surface area contributed by atoms with Crippen LogP contribution in [0.25, 0.3) is 11.0 Å². The summed E-state index contributed by atoms with van der Waals surface area (Å²) in [5.74, 6) is -1.05. The van der Waals surface area contributed by atoms with Crippen molar-refractivity contribution in [2.45, 2.75) is 13.5 Å². The Labute approximate surface area is 91.3 Å². The maximum absolute atomic E-state index is 11.0. The van der Waals surface area contributed by atoms with Crippen molar-refractivity contribution in [3.8, 4) is 0 Å². The van der Waals surface area contributed by atoms with E-state index in [2.05, 4.69) is 4.98 Å². The number of aldehydes is 1. The topological polar surface area (TPSA) is 72.2 Å². The Morgan fingerprint density at radius 1 is 1.62 bits per heavy atom. The predicted molar refractivity (Wildman–Crippen MR) is 57.8 cm³/mol. The third-order valence-electron chi connectivity index (χ3n) is 2.48. The molecule has 0 aromatic carbocycles. The Bertz CT molecular complexity index is 572. The van der Waals surface area contributed by atoms with Gasteiger partial charge in [0.25, 0.3) is 0 Å². The quantitative estimate of drug-likeness (QED) is 0.793. The Morgan fingerprint density at radius 3 is 2.94 bits per heavy atom. The maximum atomic E-state index is 11.0. The van der Waals surface area contributed by atoms with Gasteiger partial charge >= 0.3 is 5.97 Å². The van der Waals surface area contributed by atoms with Crippen LogP contribution in [0.4, 0.5) is 0 Å². The molecule has 0 atom stereocenters. The van der Waals surface area contributed by atoms with E-state index in [-0.39, 0.29) is 5.56 Å². The van der Waals surface area contributed by atoms with E-state index in [9.17, 15) is 9.59 Å². The molecule has 0 spiro atoms. The summed E-state index contributed by atoms with van der Waals surface area (Å²) in [7, 11) is 0. The molecule has 16 heavy (non-hydrogen) atoms. The number of nitrogens with zero attached hydrogens (tertiary/aromatic N) is 2. The fourth-order valence-electron chi connectivity index (χ4n) is 1.76. The third-order valence-corrected chi connectivity index (χ3v) is 2.48. The highest BCUT2D eigenvalue weighted by atomic mass is 16.4. The summed E-state index contributed by atoms with van der Waals surface area (Å²) in [6, 6.07) is 1.40. The van der Waals surface area contributed by atoms with Gasteiger partial charge in [-0.2, -0.15) is 0 Å². The molecule has 0 amide bonds. The van der Waals surface area contributed by atoms with E-state index >= 15 is 0 Å². The van der Waals surface area contributed by atoms with Crippen LogP contribution in [0, 0.1) is 0 Å². The zero-order valence-electron chi connectivity index (χ0n) is 8.67. The number of rotatable bonds is 3. The second-order valence-electron chi connectivity index (χ2n) is 3.35. The highest BCUT2D eigenvalue weighted by molar-refractivity contribution is 6.08. The molecule has 5 heteroatoms. The number of carbonyl (C=O) groups is 2. The third kappa shape index (κ3) is 1.37. The van der Waals surface area contributed by atoms with Crippen LogP contribution in [-0.4, -0.2) is 26.9 Å². The minimum atomic E-state index is -1.05. The molecule has 2 aromatic heterocycles. The molecule has 2 heterocycles. The number of carboxylic acids is 1. The minimum Gasteiger partial charge on any atom is -0.478 e. The summed E-state index contributed by atoms with van der Waals surface area (Å²) in [4.78, 5) is 26.0. The Balaban J connectivity index is 2.89. The second-order valence-corrected chi connectivity index (χ2v) is 3.35.